The number of nitrogens with zero attached hydrogens (tertiary/aromatic N) is 1. The zero-order chi connectivity index (χ0) is 21.0. The van der Waals surface area contributed by atoms with Gasteiger partial charge in [0.05, 0.1) is 4.90 Å². The Kier molecular flexibility index (Phi) is 5.65. The number of carboxylic acids is 1. The fourth-order valence-corrected chi connectivity index (χ4v) is 3.64. The van der Waals surface area contributed by atoms with Gasteiger partial charge in [-0.1, -0.05) is 36.4 Å². The van der Waals surface area contributed by atoms with Gasteiger partial charge in [0.25, 0.3) is 10.0 Å². The molecule has 3 aromatic rings. The van der Waals surface area contributed by atoms with Crippen molar-refractivity contribution < 1.29 is 23.4 Å². The zero-order valence-electron chi connectivity index (χ0n) is 15.4. The number of aromatic nitrogens is 1. The number of aryl methyl sites for hydroxylation is 1. The number of carboxylic acid groups (broad SMARTS) is 1. The Bertz CT molecular complexity index is 1190. The maximum absolute atomic E-state index is 12.5. The number of phenols is 1. The summed E-state index contributed by atoms with van der Waals surface area (Å²) < 4.78 is 27.5. The van der Waals surface area contributed by atoms with E-state index in [-0.39, 0.29) is 22.0 Å². The first kappa shape index (κ1) is 20.1. The molecule has 0 saturated carbocycles. The first-order valence-corrected chi connectivity index (χ1v) is 10.0. The van der Waals surface area contributed by atoms with Crippen LogP contribution in [0.15, 0.2) is 65.7 Å². The quantitative estimate of drug-likeness (QED) is 0.533. The van der Waals surface area contributed by atoms with E-state index in [0.29, 0.717) is 11.1 Å². The van der Waals surface area contributed by atoms with Crippen molar-refractivity contribution in [1.82, 2.24) is 4.98 Å². The van der Waals surface area contributed by atoms with E-state index in [1.54, 1.807) is 49.4 Å². The first-order chi connectivity index (χ1) is 13.8. The molecule has 0 bridgehead atoms. The van der Waals surface area contributed by atoms with Gasteiger partial charge in [-0.05, 0) is 53.9 Å². The van der Waals surface area contributed by atoms with Crippen molar-refractivity contribution in [3.63, 3.8) is 0 Å². The predicted octanol–water partition coefficient (Wildman–Crippen LogP) is 3.77. The van der Waals surface area contributed by atoms with Crippen molar-refractivity contribution in [2.75, 3.05) is 4.72 Å². The summed E-state index contributed by atoms with van der Waals surface area (Å²) in [5.41, 5.74) is 1.84. The molecular formula is C21H18N2O5S. The smallest absolute Gasteiger partial charge is 0.339 e. The molecule has 148 valence electrons. The van der Waals surface area contributed by atoms with E-state index in [1.807, 2.05) is 0 Å². The number of sulfonamides is 1. The summed E-state index contributed by atoms with van der Waals surface area (Å²) in [5.74, 6) is -1.25. The zero-order valence-corrected chi connectivity index (χ0v) is 16.2. The second-order valence-electron chi connectivity index (χ2n) is 6.26. The lowest BCUT2D eigenvalue weighted by atomic mass is 10.1. The van der Waals surface area contributed by atoms with Gasteiger partial charge in [0, 0.05) is 6.20 Å². The number of pyridine rings is 1. The van der Waals surface area contributed by atoms with Gasteiger partial charge < -0.3 is 10.2 Å². The molecular weight excluding hydrogens is 392 g/mol. The van der Waals surface area contributed by atoms with Crippen LogP contribution in [0.5, 0.6) is 5.75 Å². The highest BCUT2D eigenvalue weighted by molar-refractivity contribution is 7.92. The number of benzene rings is 2. The number of rotatable bonds is 6. The Morgan fingerprint density at radius 3 is 2.34 bits per heavy atom. The topological polar surface area (TPSA) is 117 Å². The molecule has 29 heavy (non-hydrogen) atoms. The Balaban J connectivity index is 1.78. The minimum Gasteiger partial charge on any atom is -0.507 e. The van der Waals surface area contributed by atoms with E-state index in [4.69, 9.17) is 5.11 Å². The van der Waals surface area contributed by atoms with Crippen LogP contribution in [0.4, 0.5) is 5.82 Å². The van der Waals surface area contributed by atoms with Crippen molar-refractivity contribution in [3.05, 3.63) is 83.0 Å². The highest BCUT2D eigenvalue weighted by Crippen LogP contribution is 2.21. The Hall–Kier alpha value is -3.65. The molecule has 0 atom stereocenters. The van der Waals surface area contributed by atoms with Crippen molar-refractivity contribution >= 4 is 34.0 Å². The SMILES string of the molecule is Cc1cccnc1NS(=O)(=O)c1ccc(C=Cc2ccc(O)c(C(=O)O)c2)cc1. The highest BCUT2D eigenvalue weighted by Gasteiger charge is 2.15. The van der Waals surface area contributed by atoms with Crippen LogP contribution in [0, 0.1) is 6.92 Å². The molecule has 1 aromatic heterocycles. The summed E-state index contributed by atoms with van der Waals surface area (Å²) in [5, 5.41) is 18.6. The molecule has 3 N–H and O–H groups in total. The lowest BCUT2D eigenvalue weighted by Crippen LogP contribution is -2.14. The Morgan fingerprint density at radius 1 is 1.03 bits per heavy atom. The van der Waals surface area contributed by atoms with Gasteiger partial charge in [0.1, 0.15) is 17.1 Å². The molecule has 0 aliphatic heterocycles. The number of anilines is 1. The Labute approximate surface area is 168 Å². The van der Waals surface area contributed by atoms with E-state index in [0.717, 1.165) is 5.56 Å². The monoisotopic (exact) mass is 410 g/mol. The summed E-state index contributed by atoms with van der Waals surface area (Å²) in [6.45, 7) is 1.76. The van der Waals surface area contributed by atoms with Crippen LogP contribution in [0.2, 0.25) is 0 Å². The molecule has 8 heteroatoms. The van der Waals surface area contributed by atoms with E-state index in [2.05, 4.69) is 9.71 Å². The minimum atomic E-state index is -3.77. The number of hydrogen-bond donors (Lipinski definition) is 3. The van der Waals surface area contributed by atoms with Gasteiger partial charge >= 0.3 is 5.97 Å². The number of nitrogens with one attached hydrogen (secondary N) is 1. The lowest BCUT2D eigenvalue weighted by Gasteiger charge is -2.09. The third kappa shape index (κ3) is 4.80. The summed E-state index contributed by atoms with van der Waals surface area (Å²) in [6, 6.07) is 13.9. The van der Waals surface area contributed by atoms with Crippen LogP contribution in [0.25, 0.3) is 12.2 Å². The van der Waals surface area contributed by atoms with Crippen LogP contribution < -0.4 is 4.72 Å². The van der Waals surface area contributed by atoms with Gasteiger partial charge in [-0.25, -0.2) is 18.2 Å². The third-order valence-corrected chi connectivity index (χ3v) is 5.50. The summed E-state index contributed by atoms with van der Waals surface area (Å²) >= 11 is 0. The second-order valence-corrected chi connectivity index (χ2v) is 7.94. The molecule has 7 nitrogen and oxygen atoms in total. The van der Waals surface area contributed by atoms with Crippen LogP contribution in [0.1, 0.15) is 27.0 Å². The summed E-state index contributed by atoms with van der Waals surface area (Å²) in [6.07, 6.45) is 4.90. The third-order valence-electron chi connectivity index (χ3n) is 4.15. The molecule has 1 heterocycles. The number of carbonyl (C=O) groups is 1. The normalized spacial score (nSPS) is 11.5. The van der Waals surface area contributed by atoms with E-state index >= 15 is 0 Å². The molecule has 0 aliphatic rings. The maximum Gasteiger partial charge on any atom is 0.339 e. The minimum absolute atomic E-state index is 0.0949. The molecule has 2 aromatic carbocycles. The average Bonchev–Trinajstić information content (AvgIpc) is 2.69. The van der Waals surface area contributed by atoms with Gasteiger partial charge in [-0.15, -0.1) is 0 Å². The molecule has 0 spiro atoms. The molecule has 0 radical (unpaired) electrons. The van der Waals surface area contributed by atoms with Gasteiger partial charge in [-0.2, -0.15) is 0 Å². The highest BCUT2D eigenvalue weighted by atomic mass is 32.2. The molecule has 0 saturated heterocycles. The summed E-state index contributed by atoms with van der Waals surface area (Å²) in [4.78, 5) is 15.2. The largest absolute Gasteiger partial charge is 0.507 e. The molecule has 3 rings (SSSR count). The predicted molar refractivity (Wildman–Crippen MR) is 110 cm³/mol. The van der Waals surface area contributed by atoms with Crippen molar-refractivity contribution in [3.8, 4) is 5.75 Å². The number of aromatic carboxylic acids is 1. The molecule has 0 fully saturated rings. The van der Waals surface area contributed by atoms with E-state index in [1.165, 1.54) is 30.5 Å². The molecule has 0 unspecified atom stereocenters. The van der Waals surface area contributed by atoms with Crippen molar-refractivity contribution in [1.29, 1.82) is 0 Å². The van der Waals surface area contributed by atoms with Crippen molar-refractivity contribution in [2.45, 2.75) is 11.8 Å². The average molecular weight is 410 g/mol. The number of aromatic hydroxyl groups is 1. The van der Waals surface area contributed by atoms with Gasteiger partial charge in [-0.3, -0.25) is 4.72 Å². The molecule has 0 aliphatic carbocycles. The van der Waals surface area contributed by atoms with Crippen LogP contribution in [0.3, 0.4) is 0 Å². The van der Waals surface area contributed by atoms with Crippen LogP contribution in [-0.2, 0) is 10.0 Å². The van der Waals surface area contributed by atoms with E-state index < -0.39 is 16.0 Å². The first-order valence-electron chi connectivity index (χ1n) is 8.55. The van der Waals surface area contributed by atoms with Gasteiger partial charge in [0.15, 0.2) is 0 Å². The fraction of sp³-hybridized carbons (Fsp3) is 0.0476. The fourth-order valence-electron chi connectivity index (χ4n) is 2.56. The maximum atomic E-state index is 12.5. The standard InChI is InChI=1S/C21H18N2O5S/c1-14-3-2-12-22-20(14)23-29(27,28)17-9-6-15(7-10-17)4-5-16-8-11-19(24)18(13-16)21(25)26/h2-13,24H,1H3,(H,22,23)(H,25,26). The number of hydrogen-bond acceptors (Lipinski definition) is 5. The van der Waals surface area contributed by atoms with Crippen molar-refractivity contribution in [2.24, 2.45) is 0 Å². The van der Waals surface area contributed by atoms with Gasteiger partial charge in [0.2, 0.25) is 0 Å². The van der Waals surface area contributed by atoms with E-state index in [9.17, 15) is 18.3 Å². The second kappa shape index (κ2) is 8.15. The molecule has 0 amide bonds. The summed E-state index contributed by atoms with van der Waals surface area (Å²) in [7, 11) is -3.77. The lowest BCUT2D eigenvalue weighted by molar-refractivity contribution is 0.0693. The van der Waals surface area contributed by atoms with Crippen LogP contribution in [-0.4, -0.2) is 29.6 Å². The van der Waals surface area contributed by atoms with Crippen LogP contribution >= 0.6 is 0 Å². The Morgan fingerprint density at radius 2 is 1.69 bits per heavy atom.